The summed E-state index contributed by atoms with van der Waals surface area (Å²) in [5, 5.41) is 6.44. The van der Waals surface area contributed by atoms with Crippen LogP contribution in [0.1, 0.15) is 40.6 Å². The third-order valence-corrected chi connectivity index (χ3v) is 3.96. The summed E-state index contributed by atoms with van der Waals surface area (Å²) >= 11 is 0. The van der Waals surface area contributed by atoms with E-state index in [0.717, 1.165) is 12.1 Å². The summed E-state index contributed by atoms with van der Waals surface area (Å²) in [4.78, 5) is 16.7. The average molecular weight is 375 g/mol. The van der Waals surface area contributed by atoms with Gasteiger partial charge in [-0.1, -0.05) is 35.5 Å². The van der Waals surface area contributed by atoms with Gasteiger partial charge in [0.25, 0.3) is 5.91 Å². The highest BCUT2D eigenvalue weighted by atomic mass is 19.4. The molecule has 3 rings (SSSR count). The molecule has 2 aromatic carbocycles. The number of hydrogen-bond acceptors (Lipinski definition) is 4. The van der Waals surface area contributed by atoms with Gasteiger partial charge in [0, 0.05) is 5.56 Å². The van der Waals surface area contributed by atoms with Crippen LogP contribution in [0.5, 0.6) is 0 Å². The van der Waals surface area contributed by atoms with Crippen LogP contribution < -0.4 is 5.32 Å². The lowest BCUT2D eigenvalue weighted by Crippen LogP contribution is -2.27. The van der Waals surface area contributed by atoms with Crippen LogP contribution in [0.2, 0.25) is 0 Å². The van der Waals surface area contributed by atoms with Crippen molar-refractivity contribution in [3.05, 3.63) is 71.4 Å². The Kier molecular flexibility index (Phi) is 4.98. The third-order valence-electron chi connectivity index (χ3n) is 3.96. The Hall–Kier alpha value is -3.16. The van der Waals surface area contributed by atoms with Crippen molar-refractivity contribution in [1.29, 1.82) is 0 Å². The zero-order chi connectivity index (χ0) is 19.6. The van der Waals surface area contributed by atoms with Crippen molar-refractivity contribution in [3.8, 4) is 11.1 Å². The maximum absolute atomic E-state index is 12.8. The van der Waals surface area contributed by atoms with Crippen LogP contribution in [-0.4, -0.2) is 16.0 Å². The molecule has 1 N–H and O–H groups in total. The zero-order valence-electron chi connectivity index (χ0n) is 14.5. The molecule has 27 heavy (non-hydrogen) atoms. The molecule has 1 aromatic heterocycles. The van der Waals surface area contributed by atoms with E-state index >= 15 is 0 Å². The molecule has 0 spiro atoms. The Morgan fingerprint density at radius 3 is 2.37 bits per heavy atom. The highest BCUT2D eigenvalue weighted by Crippen LogP contribution is 2.32. The fourth-order valence-corrected chi connectivity index (χ4v) is 2.60. The molecule has 0 saturated carbocycles. The number of hydrogen-bond donors (Lipinski definition) is 1. The van der Waals surface area contributed by atoms with Crippen molar-refractivity contribution < 1.29 is 22.5 Å². The van der Waals surface area contributed by atoms with Gasteiger partial charge < -0.3 is 9.84 Å². The molecule has 1 atom stereocenters. The van der Waals surface area contributed by atoms with Crippen molar-refractivity contribution in [2.75, 3.05) is 0 Å². The van der Waals surface area contributed by atoms with E-state index in [9.17, 15) is 18.0 Å². The molecule has 0 saturated heterocycles. The highest BCUT2D eigenvalue weighted by Gasteiger charge is 2.30. The first-order valence-electron chi connectivity index (χ1n) is 8.13. The second-order valence-corrected chi connectivity index (χ2v) is 6.00. The minimum atomic E-state index is -4.41. The Morgan fingerprint density at radius 2 is 1.78 bits per heavy atom. The van der Waals surface area contributed by atoms with Gasteiger partial charge in [-0.3, -0.25) is 4.79 Å². The van der Waals surface area contributed by atoms with E-state index in [1.54, 1.807) is 38.1 Å². The third kappa shape index (κ3) is 4.16. The minimum absolute atomic E-state index is 0.271. The first-order chi connectivity index (χ1) is 12.8. The topological polar surface area (TPSA) is 68.0 Å². The number of alkyl halides is 3. The number of aryl methyl sites for hydroxylation is 1. The van der Waals surface area contributed by atoms with Crippen LogP contribution in [-0.2, 0) is 6.18 Å². The Morgan fingerprint density at radius 1 is 1.11 bits per heavy atom. The van der Waals surface area contributed by atoms with Crippen LogP contribution in [0.4, 0.5) is 13.2 Å². The standard InChI is InChI=1S/C19H16F3N3O2/c1-11(18-24-12(2)25-27-18)23-17(26)16-6-4-3-5-15(16)13-7-9-14(10-8-13)19(20,21)22/h3-11H,1-2H3,(H,23,26)/t11-/m1/s1. The Balaban J connectivity index is 1.86. The van der Waals surface area contributed by atoms with Crippen LogP contribution in [0.3, 0.4) is 0 Å². The van der Waals surface area contributed by atoms with Gasteiger partial charge in [-0.2, -0.15) is 18.2 Å². The molecule has 5 nitrogen and oxygen atoms in total. The van der Waals surface area contributed by atoms with Crippen LogP contribution >= 0.6 is 0 Å². The summed E-state index contributed by atoms with van der Waals surface area (Å²) in [5.74, 6) is 0.331. The van der Waals surface area contributed by atoms with Crippen molar-refractivity contribution >= 4 is 5.91 Å². The largest absolute Gasteiger partial charge is 0.416 e. The quantitative estimate of drug-likeness (QED) is 0.726. The van der Waals surface area contributed by atoms with Gasteiger partial charge >= 0.3 is 6.18 Å². The van der Waals surface area contributed by atoms with E-state index < -0.39 is 23.7 Å². The number of aromatic nitrogens is 2. The number of carbonyl (C=O) groups is 1. The summed E-state index contributed by atoms with van der Waals surface area (Å²) in [7, 11) is 0. The summed E-state index contributed by atoms with van der Waals surface area (Å²) in [6, 6.07) is 10.9. The predicted octanol–water partition coefficient (Wildman–Crippen LogP) is 4.55. The maximum Gasteiger partial charge on any atom is 0.416 e. The van der Waals surface area contributed by atoms with Gasteiger partial charge in [0.1, 0.15) is 6.04 Å². The molecule has 3 aromatic rings. The molecule has 0 aliphatic carbocycles. The molecule has 1 heterocycles. The van der Waals surface area contributed by atoms with Crippen LogP contribution in [0, 0.1) is 6.92 Å². The zero-order valence-corrected chi connectivity index (χ0v) is 14.5. The van der Waals surface area contributed by atoms with Crippen LogP contribution in [0.25, 0.3) is 11.1 Å². The fraction of sp³-hybridized carbons (Fsp3) is 0.211. The van der Waals surface area contributed by atoms with Crippen molar-refractivity contribution in [3.63, 3.8) is 0 Å². The lowest BCUT2D eigenvalue weighted by atomic mass is 9.98. The Labute approximate surface area is 153 Å². The number of benzene rings is 2. The predicted molar refractivity (Wildman–Crippen MR) is 91.8 cm³/mol. The molecule has 0 aliphatic rings. The van der Waals surface area contributed by atoms with E-state index in [0.29, 0.717) is 22.5 Å². The van der Waals surface area contributed by atoms with Gasteiger partial charge in [-0.05, 0) is 43.2 Å². The molecular formula is C19H16F3N3O2. The summed E-state index contributed by atoms with van der Waals surface area (Å²) in [5.41, 5.74) is 0.626. The first-order valence-corrected chi connectivity index (χ1v) is 8.13. The first kappa shape index (κ1) is 18.6. The Bertz CT molecular complexity index is 949. The van der Waals surface area contributed by atoms with E-state index in [1.807, 2.05) is 0 Å². The number of nitrogens with one attached hydrogen (secondary N) is 1. The number of nitrogens with zero attached hydrogens (tertiary/aromatic N) is 2. The fourth-order valence-electron chi connectivity index (χ4n) is 2.60. The maximum atomic E-state index is 12.8. The smallest absolute Gasteiger partial charge is 0.340 e. The summed E-state index contributed by atoms with van der Waals surface area (Å²) in [6.07, 6.45) is -4.41. The lowest BCUT2D eigenvalue weighted by molar-refractivity contribution is -0.137. The molecule has 0 unspecified atom stereocenters. The second kappa shape index (κ2) is 7.22. The van der Waals surface area contributed by atoms with Gasteiger partial charge in [-0.15, -0.1) is 0 Å². The molecule has 140 valence electrons. The summed E-state index contributed by atoms with van der Waals surface area (Å²) in [6.45, 7) is 3.37. The molecule has 0 fully saturated rings. The highest BCUT2D eigenvalue weighted by molar-refractivity contribution is 6.01. The van der Waals surface area contributed by atoms with E-state index in [1.165, 1.54) is 12.1 Å². The van der Waals surface area contributed by atoms with Crippen LogP contribution in [0.15, 0.2) is 53.1 Å². The van der Waals surface area contributed by atoms with E-state index in [4.69, 9.17) is 4.52 Å². The van der Waals surface area contributed by atoms with Crippen molar-refractivity contribution in [2.45, 2.75) is 26.1 Å². The molecular weight excluding hydrogens is 359 g/mol. The lowest BCUT2D eigenvalue weighted by Gasteiger charge is -2.14. The SMILES string of the molecule is Cc1noc([C@@H](C)NC(=O)c2ccccc2-c2ccc(C(F)(F)F)cc2)n1. The molecule has 8 heteroatoms. The monoisotopic (exact) mass is 375 g/mol. The minimum Gasteiger partial charge on any atom is -0.340 e. The second-order valence-electron chi connectivity index (χ2n) is 6.00. The van der Waals surface area contributed by atoms with E-state index in [2.05, 4.69) is 15.5 Å². The van der Waals surface area contributed by atoms with Gasteiger partial charge in [0.2, 0.25) is 5.89 Å². The number of rotatable bonds is 4. The van der Waals surface area contributed by atoms with Crippen molar-refractivity contribution in [1.82, 2.24) is 15.5 Å². The van der Waals surface area contributed by atoms with Crippen molar-refractivity contribution in [2.24, 2.45) is 0 Å². The number of amides is 1. The molecule has 0 bridgehead atoms. The van der Waals surface area contributed by atoms with E-state index in [-0.39, 0.29) is 5.89 Å². The number of carbonyl (C=O) groups excluding carboxylic acids is 1. The number of halogens is 3. The molecule has 1 amide bonds. The average Bonchev–Trinajstić information content (AvgIpc) is 3.07. The van der Waals surface area contributed by atoms with Gasteiger partial charge in [0.05, 0.1) is 5.56 Å². The molecule has 0 aliphatic heterocycles. The summed E-state index contributed by atoms with van der Waals surface area (Å²) < 4.78 is 43.3. The van der Waals surface area contributed by atoms with Gasteiger partial charge in [-0.25, -0.2) is 0 Å². The van der Waals surface area contributed by atoms with Gasteiger partial charge in [0.15, 0.2) is 5.82 Å². The normalized spacial score (nSPS) is 12.6. The molecule has 0 radical (unpaired) electrons.